The molecule has 3 rings (SSSR count). The molecule has 0 spiro atoms. The van der Waals surface area contributed by atoms with Gasteiger partial charge >= 0.3 is 0 Å². The zero-order valence-corrected chi connectivity index (χ0v) is 13.2. The van der Waals surface area contributed by atoms with Crippen molar-refractivity contribution in [1.29, 1.82) is 0 Å². The number of benzene rings is 1. The number of aryl methyl sites for hydroxylation is 3. The Morgan fingerprint density at radius 2 is 2.10 bits per heavy atom. The molecule has 0 radical (unpaired) electrons. The van der Waals surface area contributed by atoms with Gasteiger partial charge in [0.2, 0.25) is 0 Å². The molecule has 2 aromatic heterocycles. The Hall–Kier alpha value is -1.03. The van der Waals surface area contributed by atoms with Gasteiger partial charge in [-0.1, -0.05) is 17.7 Å². The number of para-hydroxylation sites is 1. The normalized spacial score (nSPS) is 11.3. The third-order valence-corrected chi connectivity index (χ3v) is 4.54. The van der Waals surface area contributed by atoms with E-state index in [0.717, 1.165) is 41.3 Å². The maximum atomic E-state index is 6.34. The van der Waals surface area contributed by atoms with Crippen molar-refractivity contribution in [2.75, 3.05) is 5.88 Å². The molecule has 2 nitrogen and oxygen atoms in total. The second kappa shape index (κ2) is 6.17. The summed E-state index contributed by atoms with van der Waals surface area (Å²) in [5.41, 5.74) is 3.31. The molecule has 1 aromatic carbocycles. The molecule has 0 saturated carbocycles. The van der Waals surface area contributed by atoms with Crippen LogP contribution in [0.15, 0.2) is 35.0 Å². The first-order valence-electron chi connectivity index (χ1n) is 6.50. The summed E-state index contributed by atoms with van der Waals surface area (Å²) in [4.78, 5) is 4.66. The van der Waals surface area contributed by atoms with Gasteiger partial charge in [-0.05, 0) is 40.9 Å². The van der Waals surface area contributed by atoms with E-state index in [-0.39, 0.29) is 0 Å². The van der Waals surface area contributed by atoms with Crippen LogP contribution in [0, 0.1) is 0 Å². The zero-order valence-electron chi connectivity index (χ0n) is 10.9. The average molecular weight is 325 g/mol. The van der Waals surface area contributed by atoms with Crippen LogP contribution in [-0.4, -0.2) is 15.4 Å². The van der Waals surface area contributed by atoms with Crippen LogP contribution >= 0.6 is 34.5 Å². The Bertz CT molecular complexity index is 704. The summed E-state index contributed by atoms with van der Waals surface area (Å²) in [5, 5.41) is 5.04. The first-order chi connectivity index (χ1) is 9.79. The van der Waals surface area contributed by atoms with Crippen LogP contribution in [-0.2, 0) is 19.4 Å². The van der Waals surface area contributed by atoms with E-state index in [1.165, 1.54) is 5.56 Å². The van der Waals surface area contributed by atoms with Gasteiger partial charge in [0, 0.05) is 18.8 Å². The van der Waals surface area contributed by atoms with Gasteiger partial charge in [-0.3, -0.25) is 0 Å². The number of aromatic nitrogens is 2. The van der Waals surface area contributed by atoms with Gasteiger partial charge in [-0.2, -0.15) is 11.3 Å². The lowest BCUT2D eigenvalue weighted by Crippen LogP contribution is -2.07. The van der Waals surface area contributed by atoms with Crippen LogP contribution < -0.4 is 0 Å². The molecule has 0 amide bonds. The predicted molar refractivity (Wildman–Crippen MR) is 87.2 cm³/mol. The molecule has 104 valence electrons. The van der Waals surface area contributed by atoms with Gasteiger partial charge in [0.25, 0.3) is 0 Å². The van der Waals surface area contributed by atoms with Crippen molar-refractivity contribution < 1.29 is 0 Å². The zero-order chi connectivity index (χ0) is 13.9. The fourth-order valence-corrected chi connectivity index (χ4v) is 3.53. The highest BCUT2D eigenvalue weighted by atomic mass is 35.5. The molecule has 2 heterocycles. The SMILES string of the molecule is ClCCc1nc2cccc(Cl)c2n1CCc1ccsc1. The van der Waals surface area contributed by atoms with Crippen LogP contribution in [0.25, 0.3) is 11.0 Å². The molecular formula is C15H14Cl2N2S. The number of alkyl halides is 1. The molecule has 0 atom stereocenters. The molecule has 0 fully saturated rings. The lowest BCUT2D eigenvalue weighted by molar-refractivity contribution is 0.676. The van der Waals surface area contributed by atoms with Crippen molar-refractivity contribution in [3.8, 4) is 0 Å². The highest BCUT2D eigenvalue weighted by Crippen LogP contribution is 2.25. The molecule has 0 N–H and O–H groups in total. The quantitative estimate of drug-likeness (QED) is 0.618. The van der Waals surface area contributed by atoms with Crippen molar-refractivity contribution in [2.45, 2.75) is 19.4 Å². The number of rotatable bonds is 5. The van der Waals surface area contributed by atoms with E-state index in [1.807, 2.05) is 18.2 Å². The molecule has 3 aromatic rings. The minimum atomic E-state index is 0.569. The van der Waals surface area contributed by atoms with Crippen molar-refractivity contribution >= 4 is 45.6 Å². The van der Waals surface area contributed by atoms with Crippen molar-refractivity contribution in [3.05, 3.63) is 51.4 Å². The summed E-state index contributed by atoms with van der Waals surface area (Å²) in [6.45, 7) is 0.878. The highest BCUT2D eigenvalue weighted by Gasteiger charge is 2.12. The summed E-state index contributed by atoms with van der Waals surface area (Å²) < 4.78 is 2.21. The van der Waals surface area contributed by atoms with Crippen LogP contribution in [0.5, 0.6) is 0 Å². The molecule has 0 unspecified atom stereocenters. The topological polar surface area (TPSA) is 17.8 Å². The number of hydrogen-bond donors (Lipinski definition) is 0. The fourth-order valence-electron chi connectivity index (χ4n) is 2.38. The minimum absolute atomic E-state index is 0.569. The van der Waals surface area contributed by atoms with Gasteiger partial charge in [0.05, 0.1) is 16.1 Å². The third kappa shape index (κ3) is 2.71. The molecule has 5 heteroatoms. The lowest BCUT2D eigenvalue weighted by Gasteiger charge is -2.08. The molecule has 0 bridgehead atoms. The Labute approximate surface area is 132 Å². The number of imidazole rings is 1. The maximum absolute atomic E-state index is 6.34. The van der Waals surface area contributed by atoms with E-state index in [1.54, 1.807) is 11.3 Å². The molecule has 0 aliphatic carbocycles. The highest BCUT2D eigenvalue weighted by molar-refractivity contribution is 7.07. The largest absolute Gasteiger partial charge is 0.326 e. The van der Waals surface area contributed by atoms with E-state index in [0.29, 0.717) is 5.88 Å². The summed E-state index contributed by atoms with van der Waals surface area (Å²) in [6, 6.07) is 8.01. The number of hydrogen-bond acceptors (Lipinski definition) is 2. The van der Waals surface area contributed by atoms with E-state index in [4.69, 9.17) is 23.2 Å². The first-order valence-corrected chi connectivity index (χ1v) is 8.36. The Morgan fingerprint density at radius 1 is 1.20 bits per heavy atom. The van der Waals surface area contributed by atoms with Crippen LogP contribution in [0.3, 0.4) is 0 Å². The van der Waals surface area contributed by atoms with Gasteiger partial charge in [0.1, 0.15) is 5.82 Å². The van der Waals surface area contributed by atoms with Crippen molar-refractivity contribution in [2.24, 2.45) is 0 Å². The predicted octanol–water partition coefficient (Wildman–Crippen LogP) is 4.78. The van der Waals surface area contributed by atoms with E-state index in [2.05, 4.69) is 26.4 Å². The minimum Gasteiger partial charge on any atom is -0.326 e. The van der Waals surface area contributed by atoms with Crippen molar-refractivity contribution in [1.82, 2.24) is 9.55 Å². The first kappa shape index (κ1) is 13.9. The fraction of sp³-hybridized carbons (Fsp3) is 0.267. The molecular weight excluding hydrogens is 311 g/mol. The smallest absolute Gasteiger partial charge is 0.111 e. The second-order valence-electron chi connectivity index (χ2n) is 4.61. The van der Waals surface area contributed by atoms with Crippen molar-refractivity contribution in [3.63, 3.8) is 0 Å². The summed E-state index contributed by atoms with van der Waals surface area (Å²) >= 11 is 14.0. The van der Waals surface area contributed by atoms with E-state index >= 15 is 0 Å². The molecule has 0 aliphatic rings. The third-order valence-electron chi connectivity index (χ3n) is 3.32. The second-order valence-corrected chi connectivity index (χ2v) is 6.17. The number of halogens is 2. The van der Waals surface area contributed by atoms with Gasteiger partial charge in [-0.15, -0.1) is 11.6 Å². The standard InChI is InChI=1S/C15H14Cl2N2S/c16-7-4-14-18-13-3-1-2-12(17)15(13)19(14)8-5-11-6-9-20-10-11/h1-3,6,9-10H,4-5,7-8H2. The lowest BCUT2D eigenvalue weighted by atomic mass is 10.2. The summed E-state index contributed by atoms with van der Waals surface area (Å²) in [6.07, 6.45) is 1.74. The summed E-state index contributed by atoms with van der Waals surface area (Å²) in [5.74, 6) is 1.58. The summed E-state index contributed by atoms with van der Waals surface area (Å²) in [7, 11) is 0. The molecule has 0 aliphatic heterocycles. The number of nitrogens with zero attached hydrogens (tertiary/aromatic N) is 2. The average Bonchev–Trinajstić information content (AvgIpc) is 3.05. The number of fused-ring (bicyclic) bond motifs is 1. The van der Waals surface area contributed by atoms with Crippen LogP contribution in [0.4, 0.5) is 0 Å². The van der Waals surface area contributed by atoms with Gasteiger partial charge in [0.15, 0.2) is 0 Å². The van der Waals surface area contributed by atoms with Crippen LogP contribution in [0.2, 0.25) is 5.02 Å². The Kier molecular flexibility index (Phi) is 4.29. The Balaban J connectivity index is 1.99. The molecule has 20 heavy (non-hydrogen) atoms. The molecule has 0 saturated heterocycles. The van der Waals surface area contributed by atoms with Crippen LogP contribution in [0.1, 0.15) is 11.4 Å². The number of thiophene rings is 1. The van der Waals surface area contributed by atoms with E-state index < -0.39 is 0 Å². The monoisotopic (exact) mass is 324 g/mol. The maximum Gasteiger partial charge on any atom is 0.111 e. The van der Waals surface area contributed by atoms with Gasteiger partial charge < -0.3 is 4.57 Å². The Morgan fingerprint density at radius 3 is 2.85 bits per heavy atom. The van der Waals surface area contributed by atoms with Gasteiger partial charge in [-0.25, -0.2) is 4.98 Å². The van der Waals surface area contributed by atoms with E-state index in [9.17, 15) is 0 Å².